The molecule has 0 aliphatic carbocycles. The Morgan fingerprint density at radius 1 is 1.38 bits per heavy atom. The number of nitrogens with one attached hydrogen (secondary N) is 1. The lowest BCUT2D eigenvalue weighted by molar-refractivity contribution is 0.102. The molecule has 1 aromatic carbocycles. The highest BCUT2D eigenvalue weighted by molar-refractivity contribution is 8.01. The summed E-state index contributed by atoms with van der Waals surface area (Å²) in [7, 11) is 0. The Kier molecular flexibility index (Phi) is 6.23. The van der Waals surface area contributed by atoms with Gasteiger partial charge in [-0.05, 0) is 24.8 Å². The van der Waals surface area contributed by atoms with E-state index in [1.54, 1.807) is 0 Å². The van der Waals surface area contributed by atoms with E-state index in [0.717, 1.165) is 47.4 Å². The lowest BCUT2D eigenvalue weighted by Crippen LogP contribution is -2.18. The van der Waals surface area contributed by atoms with Gasteiger partial charge >= 0.3 is 0 Å². The number of carbonyl (C=O) groups is 1. The van der Waals surface area contributed by atoms with Crippen LogP contribution in [0.5, 0.6) is 0 Å². The molecular weight excluding hydrogens is 342 g/mol. The number of benzene rings is 1. The molecule has 1 aliphatic rings. The smallest absolute Gasteiger partial charge is 0.206 e. The fourth-order valence-electron chi connectivity index (χ4n) is 2.48. The van der Waals surface area contributed by atoms with Crippen LogP contribution in [0.15, 0.2) is 28.6 Å². The van der Waals surface area contributed by atoms with Gasteiger partial charge in [0.1, 0.15) is 0 Å². The monoisotopic (exact) mass is 363 g/mol. The van der Waals surface area contributed by atoms with Crippen molar-refractivity contribution in [3.8, 4) is 0 Å². The third kappa shape index (κ3) is 4.78. The van der Waals surface area contributed by atoms with E-state index in [9.17, 15) is 4.79 Å². The standard InChI is InChI=1S/C17H21N3O2S2/c1-2-12-5-7-13(8-6-12)15(21)11-23-17-20-19-16(24-17)18-10-14-4-3-9-22-14/h5-8,14H,2-4,9-11H2,1H3,(H,18,19). The molecule has 0 spiro atoms. The Morgan fingerprint density at radius 2 is 2.21 bits per heavy atom. The fraction of sp³-hybridized carbons (Fsp3) is 0.471. The minimum Gasteiger partial charge on any atom is -0.376 e. The molecule has 0 saturated carbocycles. The quantitative estimate of drug-likeness (QED) is 0.570. The Balaban J connectivity index is 1.46. The van der Waals surface area contributed by atoms with Gasteiger partial charge < -0.3 is 10.1 Å². The van der Waals surface area contributed by atoms with Crippen LogP contribution in [-0.4, -0.2) is 41.0 Å². The molecule has 1 saturated heterocycles. The zero-order chi connectivity index (χ0) is 16.8. The van der Waals surface area contributed by atoms with E-state index in [4.69, 9.17) is 4.74 Å². The van der Waals surface area contributed by atoms with Gasteiger partial charge in [0.15, 0.2) is 10.1 Å². The molecule has 7 heteroatoms. The molecule has 1 unspecified atom stereocenters. The molecule has 0 radical (unpaired) electrons. The Labute approximate surface area is 150 Å². The average Bonchev–Trinajstić information content (AvgIpc) is 3.29. The Bertz CT molecular complexity index is 667. The molecule has 1 aliphatic heterocycles. The van der Waals surface area contributed by atoms with E-state index in [0.29, 0.717) is 5.75 Å². The van der Waals surface area contributed by atoms with Crippen LogP contribution in [0.2, 0.25) is 0 Å². The summed E-state index contributed by atoms with van der Waals surface area (Å²) in [5.74, 6) is 0.498. The number of ether oxygens (including phenoxy) is 1. The first-order valence-electron chi connectivity index (χ1n) is 8.18. The predicted octanol–water partition coefficient (Wildman–Crippen LogP) is 3.67. The van der Waals surface area contributed by atoms with Crippen molar-refractivity contribution in [1.82, 2.24) is 10.2 Å². The SMILES string of the molecule is CCc1ccc(C(=O)CSc2nnc(NCC3CCCO3)s2)cc1. The third-order valence-corrected chi connectivity index (χ3v) is 5.94. The van der Waals surface area contributed by atoms with Crippen LogP contribution in [0.1, 0.15) is 35.7 Å². The normalized spacial score (nSPS) is 17.1. The molecular formula is C17H21N3O2S2. The van der Waals surface area contributed by atoms with Crippen LogP contribution in [0.3, 0.4) is 0 Å². The van der Waals surface area contributed by atoms with Crippen molar-refractivity contribution >= 4 is 34.0 Å². The molecule has 1 aromatic heterocycles. The molecule has 1 atom stereocenters. The van der Waals surface area contributed by atoms with Crippen LogP contribution in [-0.2, 0) is 11.2 Å². The van der Waals surface area contributed by atoms with Crippen LogP contribution >= 0.6 is 23.1 Å². The number of rotatable bonds is 8. The minimum absolute atomic E-state index is 0.117. The first-order chi connectivity index (χ1) is 11.7. The van der Waals surface area contributed by atoms with Crippen molar-refractivity contribution in [2.75, 3.05) is 24.2 Å². The van der Waals surface area contributed by atoms with Crippen LogP contribution in [0.25, 0.3) is 0 Å². The Morgan fingerprint density at radius 3 is 2.92 bits per heavy atom. The van der Waals surface area contributed by atoms with Crippen molar-refractivity contribution in [2.24, 2.45) is 0 Å². The second-order valence-electron chi connectivity index (χ2n) is 5.65. The van der Waals surface area contributed by atoms with E-state index in [1.165, 1.54) is 28.7 Å². The van der Waals surface area contributed by atoms with E-state index in [-0.39, 0.29) is 11.9 Å². The fourth-order valence-corrected chi connectivity index (χ4v) is 4.14. The highest BCUT2D eigenvalue weighted by Crippen LogP contribution is 2.26. The van der Waals surface area contributed by atoms with Gasteiger partial charge in [0.25, 0.3) is 0 Å². The van der Waals surface area contributed by atoms with Gasteiger partial charge in [-0.15, -0.1) is 10.2 Å². The highest BCUT2D eigenvalue weighted by Gasteiger charge is 2.16. The number of nitrogens with zero attached hydrogens (tertiary/aromatic N) is 2. The summed E-state index contributed by atoms with van der Waals surface area (Å²) in [6, 6.07) is 7.82. The maximum absolute atomic E-state index is 12.2. The predicted molar refractivity (Wildman–Crippen MR) is 98.2 cm³/mol. The molecule has 0 bridgehead atoms. The third-order valence-electron chi connectivity index (χ3n) is 3.92. The summed E-state index contributed by atoms with van der Waals surface area (Å²) in [6.07, 6.45) is 3.48. The van der Waals surface area contributed by atoms with E-state index < -0.39 is 0 Å². The molecule has 1 N–H and O–H groups in total. The molecule has 0 amide bonds. The molecule has 3 rings (SSSR count). The Hall–Kier alpha value is -1.44. The number of Topliss-reactive ketones (excluding diaryl/α,β-unsaturated/α-hetero) is 1. The summed E-state index contributed by atoms with van der Waals surface area (Å²) in [5, 5.41) is 12.3. The number of thioether (sulfide) groups is 1. The zero-order valence-corrected chi connectivity index (χ0v) is 15.3. The molecule has 1 fully saturated rings. The first-order valence-corrected chi connectivity index (χ1v) is 9.98. The molecule has 5 nitrogen and oxygen atoms in total. The highest BCUT2D eigenvalue weighted by atomic mass is 32.2. The van der Waals surface area contributed by atoms with E-state index in [2.05, 4.69) is 22.4 Å². The van der Waals surface area contributed by atoms with Gasteiger partial charge in [0, 0.05) is 18.7 Å². The van der Waals surface area contributed by atoms with Gasteiger partial charge in [0.05, 0.1) is 11.9 Å². The number of carbonyl (C=O) groups excluding carboxylic acids is 1. The lowest BCUT2D eigenvalue weighted by Gasteiger charge is -2.08. The van der Waals surface area contributed by atoms with Crippen LogP contribution in [0, 0.1) is 0 Å². The summed E-state index contributed by atoms with van der Waals surface area (Å²) in [4.78, 5) is 12.2. The van der Waals surface area contributed by atoms with Gasteiger partial charge in [-0.3, -0.25) is 4.79 Å². The van der Waals surface area contributed by atoms with Crippen molar-refractivity contribution in [3.05, 3.63) is 35.4 Å². The van der Waals surface area contributed by atoms with Crippen LogP contribution < -0.4 is 5.32 Å². The van der Waals surface area contributed by atoms with Crippen molar-refractivity contribution < 1.29 is 9.53 Å². The van der Waals surface area contributed by atoms with Gasteiger partial charge in [-0.25, -0.2) is 0 Å². The number of hydrogen-bond acceptors (Lipinski definition) is 7. The zero-order valence-electron chi connectivity index (χ0n) is 13.7. The number of aryl methyl sites for hydroxylation is 1. The van der Waals surface area contributed by atoms with Gasteiger partial charge in [-0.2, -0.15) is 0 Å². The topological polar surface area (TPSA) is 64.1 Å². The molecule has 24 heavy (non-hydrogen) atoms. The number of hydrogen-bond donors (Lipinski definition) is 1. The van der Waals surface area contributed by atoms with Crippen molar-refractivity contribution in [3.63, 3.8) is 0 Å². The molecule has 2 heterocycles. The van der Waals surface area contributed by atoms with Gasteiger partial charge in [-0.1, -0.05) is 54.3 Å². The molecule has 128 valence electrons. The van der Waals surface area contributed by atoms with Crippen molar-refractivity contribution in [1.29, 1.82) is 0 Å². The van der Waals surface area contributed by atoms with Crippen molar-refractivity contribution in [2.45, 2.75) is 36.6 Å². The number of aromatic nitrogens is 2. The minimum atomic E-state index is 0.117. The maximum atomic E-state index is 12.2. The lowest BCUT2D eigenvalue weighted by atomic mass is 10.1. The number of ketones is 1. The molecule has 2 aromatic rings. The van der Waals surface area contributed by atoms with E-state index >= 15 is 0 Å². The summed E-state index contributed by atoms with van der Waals surface area (Å²) in [6.45, 7) is 3.72. The maximum Gasteiger partial charge on any atom is 0.206 e. The number of anilines is 1. The second-order valence-corrected chi connectivity index (χ2v) is 7.85. The second kappa shape index (κ2) is 8.60. The average molecular weight is 364 g/mol. The van der Waals surface area contributed by atoms with Crippen LogP contribution in [0.4, 0.5) is 5.13 Å². The summed E-state index contributed by atoms with van der Waals surface area (Å²) in [5.41, 5.74) is 1.99. The first kappa shape index (κ1) is 17.4. The van der Waals surface area contributed by atoms with Gasteiger partial charge in [0.2, 0.25) is 5.13 Å². The van der Waals surface area contributed by atoms with E-state index in [1.807, 2.05) is 24.3 Å². The summed E-state index contributed by atoms with van der Waals surface area (Å²) >= 11 is 2.92. The largest absolute Gasteiger partial charge is 0.376 e. The summed E-state index contributed by atoms with van der Waals surface area (Å²) < 4.78 is 6.38.